The lowest BCUT2D eigenvalue weighted by atomic mass is 10.1. The van der Waals surface area contributed by atoms with Gasteiger partial charge in [-0.05, 0) is 24.1 Å². The number of nitrogens with zero attached hydrogens (tertiary/aromatic N) is 1. The van der Waals surface area contributed by atoms with Crippen LogP contribution in [0.5, 0.6) is 0 Å². The zero-order valence-electron chi connectivity index (χ0n) is 15.6. The van der Waals surface area contributed by atoms with Crippen LogP contribution in [0.15, 0.2) is 24.3 Å². The Balaban J connectivity index is 1.74. The van der Waals surface area contributed by atoms with E-state index in [0.717, 1.165) is 18.4 Å². The van der Waals surface area contributed by atoms with Crippen molar-refractivity contribution in [1.29, 1.82) is 0 Å². The maximum Gasteiger partial charge on any atom is 0.254 e. The normalized spacial score (nSPS) is 14.0. The highest BCUT2D eigenvalue weighted by Crippen LogP contribution is 2.09. The predicted molar refractivity (Wildman–Crippen MR) is 101 cm³/mol. The van der Waals surface area contributed by atoms with E-state index >= 15 is 0 Å². The first-order chi connectivity index (χ1) is 12.6. The number of rotatable bonds is 9. The average molecular weight is 359 g/mol. The number of unbranched alkanes of at least 4 members (excludes halogenated alkanes) is 4. The Morgan fingerprint density at radius 3 is 2.54 bits per heavy atom. The summed E-state index contributed by atoms with van der Waals surface area (Å²) in [5.74, 6) is -0.192. The van der Waals surface area contributed by atoms with Gasteiger partial charge in [-0.1, -0.05) is 44.7 Å². The van der Waals surface area contributed by atoms with Gasteiger partial charge in [-0.2, -0.15) is 0 Å². The molecule has 1 aliphatic rings. The first kappa shape index (κ1) is 19.9. The molecule has 6 heteroatoms. The molecular formula is C20H29N3O3. The zero-order chi connectivity index (χ0) is 18.8. The number of hydrogen-bond acceptors (Lipinski definition) is 3. The van der Waals surface area contributed by atoms with Crippen LogP contribution < -0.4 is 10.6 Å². The van der Waals surface area contributed by atoms with Crippen LogP contribution in [0.3, 0.4) is 0 Å². The van der Waals surface area contributed by atoms with Gasteiger partial charge in [0.15, 0.2) is 0 Å². The Bertz CT molecular complexity index is 613. The van der Waals surface area contributed by atoms with E-state index in [1.807, 2.05) is 12.1 Å². The number of benzene rings is 1. The molecule has 0 aromatic heterocycles. The third kappa shape index (κ3) is 6.50. The highest BCUT2D eigenvalue weighted by Gasteiger charge is 2.22. The second kappa shape index (κ2) is 10.6. The number of hydrogen-bond donors (Lipinski definition) is 2. The van der Waals surface area contributed by atoms with Crippen molar-refractivity contribution in [3.63, 3.8) is 0 Å². The largest absolute Gasteiger partial charge is 0.353 e. The summed E-state index contributed by atoms with van der Waals surface area (Å²) in [4.78, 5) is 37.2. The molecule has 142 valence electrons. The lowest BCUT2D eigenvalue weighted by Gasteiger charge is -2.26. The molecule has 0 radical (unpaired) electrons. The number of carbonyl (C=O) groups is 3. The molecular weight excluding hydrogens is 330 g/mol. The quantitative estimate of drug-likeness (QED) is 0.664. The molecule has 0 bridgehead atoms. The first-order valence-electron chi connectivity index (χ1n) is 9.51. The fourth-order valence-corrected chi connectivity index (χ4v) is 2.94. The summed E-state index contributed by atoms with van der Waals surface area (Å²) in [6.45, 7) is 3.77. The molecule has 2 rings (SSSR count). The SMILES string of the molecule is CCCCCCCC(=O)NCc1ccc(C(=O)N2CCNC(=O)C2)cc1. The van der Waals surface area contributed by atoms with Crippen molar-refractivity contribution in [3.8, 4) is 0 Å². The molecule has 1 heterocycles. The zero-order valence-corrected chi connectivity index (χ0v) is 15.6. The fraction of sp³-hybridized carbons (Fsp3) is 0.550. The molecule has 0 unspecified atom stereocenters. The topological polar surface area (TPSA) is 78.5 Å². The van der Waals surface area contributed by atoms with Crippen LogP contribution in [-0.2, 0) is 16.1 Å². The Kier molecular flexibility index (Phi) is 8.12. The highest BCUT2D eigenvalue weighted by molar-refractivity contribution is 5.97. The second-order valence-electron chi connectivity index (χ2n) is 6.71. The number of nitrogens with one attached hydrogen (secondary N) is 2. The van der Waals surface area contributed by atoms with E-state index in [4.69, 9.17) is 0 Å². The summed E-state index contributed by atoms with van der Waals surface area (Å²) >= 11 is 0. The van der Waals surface area contributed by atoms with Gasteiger partial charge in [0, 0.05) is 31.6 Å². The summed E-state index contributed by atoms with van der Waals surface area (Å²) in [5, 5.41) is 5.63. The lowest BCUT2D eigenvalue weighted by molar-refractivity contribution is -0.123. The van der Waals surface area contributed by atoms with Gasteiger partial charge in [0.2, 0.25) is 11.8 Å². The summed E-state index contributed by atoms with van der Waals surface area (Å²) < 4.78 is 0. The Hall–Kier alpha value is -2.37. The van der Waals surface area contributed by atoms with Crippen molar-refractivity contribution in [2.45, 2.75) is 52.0 Å². The van der Waals surface area contributed by atoms with E-state index in [1.165, 1.54) is 19.3 Å². The molecule has 1 aromatic carbocycles. The molecule has 0 atom stereocenters. The van der Waals surface area contributed by atoms with E-state index in [2.05, 4.69) is 17.6 Å². The molecule has 0 saturated carbocycles. The summed E-state index contributed by atoms with van der Waals surface area (Å²) in [6, 6.07) is 7.19. The van der Waals surface area contributed by atoms with Gasteiger partial charge in [0.1, 0.15) is 0 Å². The standard InChI is InChI=1S/C20H29N3O3/c1-2-3-4-5-6-7-18(24)22-14-16-8-10-17(11-9-16)20(26)23-13-12-21-19(25)15-23/h8-11H,2-7,12-15H2,1H3,(H,21,25)(H,22,24). The minimum Gasteiger partial charge on any atom is -0.353 e. The van der Waals surface area contributed by atoms with Crippen molar-refractivity contribution >= 4 is 17.7 Å². The van der Waals surface area contributed by atoms with Gasteiger partial charge in [0.25, 0.3) is 5.91 Å². The fourth-order valence-electron chi connectivity index (χ4n) is 2.94. The summed E-state index contributed by atoms with van der Waals surface area (Å²) in [6.07, 6.45) is 6.23. The predicted octanol–water partition coefficient (Wildman–Crippen LogP) is 2.24. The maximum atomic E-state index is 12.4. The van der Waals surface area contributed by atoms with Crippen LogP contribution in [0.1, 0.15) is 61.4 Å². The van der Waals surface area contributed by atoms with Crippen molar-refractivity contribution in [2.24, 2.45) is 0 Å². The average Bonchev–Trinajstić information content (AvgIpc) is 2.66. The third-order valence-electron chi connectivity index (χ3n) is 4.52. The molecule has 0 aliphatic carbocycles. The molecule has 2 N–H and O–H groups in total. The Labute approximate surface area is 155 Å². The highest BCUT2D eigenvalue weighted by atomic mass is 16.2. The second-order valence-corrected chi connectivity index (χ2v) is 6.71. The van der Waals surface area contributed by atoms with E-state index in [1.54, 1.807) is 17.0 Å². The monoisotopic (exact) mass is 359 g/mol. The van der Waals surface area contributed by atoms with Crippen LogP contribution in [-0.4, -0.2) is 42.3 Å². The smallest absolute Gasteiger partial charge is 0.254 e. The van der Waals surface area contributed by atoms with Gasteiger partial charge in [0.05, 0.1) is 6.54 Å². The van der Waals surface area contributed by atoms with E-state index in [0.29, 0.717) is 31.6 Å². The van der Waals surface area contributed by atoms with Crippen LogP contribution >= 0.6 is 0 Å². The Morgan fingerprint density at radius 1 is 1.12 bits per heavy atom. The molecule has 0 spiro atoms. The molecule has 1 aromatic rings. The third-order valence-corrected chi connectivity index (χ3v) is 4.52. The summed E-state index contributed by atoms with van der Waals surface area (Å²) in [7, 11) is 0. The number of carbonyl (C=O) groups excluding carboxylic acids is 3. The van der Waals surface area contributed by atoms with Gasteiger partial charge >= 0.3 is 0 Å². The molecule has 1 saturated heterocycles. The van der Waals surface area contributed by atoms with E-state index in [-0.39, 0.29) is 24.3 Å². The number of piperazine rings is 1. The molecule has 26 heavy (non-hydrogen) atoms. The van der Waals surface area contributed by atoms with Crippen molar-refractivity contribution in [2.75, 3.05) is 19.6 Å². The number of amides is 3. The van der Waals surface area contributed by atoms with Gasteiger partial charge in [-0.25, -0.2) is 0 Å². The molecule has 6 nitrogen and oxygen atoms in total. The summed E-state index contributed by atoms with van der Waals surface area (Å²) in [5.41, 5.74) is 1.52. The molecule has 1 aliphatic heterocycles. The molecule has 3 amide bonds. The maximum absolute atomic E-state index is 12.4. The van der Waals surface area contributed by atoms with Crippen molar-refractivity contribution in [3.05, 3.63) is 35.4 Å². The lowest BCUT2D eigenvalue weighted by Crippen LogP contribution is -2.49. The van der Waals surface area contributed by atoms with Gasteiger partial charge in [-0.3, -0.25) is 14.4 Å². The van der Waals surface area contributed by atoms with Crippen LogP contribution in [0.2, 0.25) is 0 Å². The van der Waals surface area contributed by atoms with Gasteiger partial charge in [-0.15, -0.1) is 0 Å². The van der Waals surface area contributed by atoms with Crippen molar-refractivity contribution < 1.29 is 14.4 Å². The van der Waals surface area contributed by atoms with Gasteiger partial charge < -0.3 is 15.5 Å². The molecule has 1 fully saturated rings. The van der Waals surface area contributed by atoms with E-state index in [9.17, 15) is 14.4 Å². The van der Waals surface area contributed by atoms with Crippen LogP contribution in [0, 0.1) is 0 Å². The van der Waals surface area contributed by atoms with E-state index < -0.39 is 0 Å². The first-order valence-corrected chi connectivity index (χ1v) is 9.51. The van der Waals surface area contributed by atoms with Crippen LogP contribution in [0.4, 0.5) is 0 Å². The minimum atomic E-state index is -0.137. The Morgan fingerprint density at radius 2 is 1.85 bits per heavy atom. The van der Waals surface area contributed by atoms with Crippen molar-refractivity contribution in [1.82, 2.24) is 15.5 Å². The van der Waals surface area contributed by atoms with Crippen LogP contribution in [0.25, 0.3) is 0 Å². The minimum absolute atomic E-state index is 0.0704.